The summed E-state index contributed by atoms with van der Waals surface area (Å²) in [5.74, 6) is -0.488. The van der Waals surface area contributed by atoms with E-state index >= 15 is 0 Å². The first-order chi connectivity index (χ1) is 15.0. The number of aromatic nitrogens is 4. The Morgan fingerprint density at radius 1 is 1.03 bits per heavy atom. The van der Waals surface area contributed by atoms with Crippen molar-refractivity contribution in [2.45, 2.75) is 11.7 Å². The molecule has 3 aromatic rings. The number of carbonyl (C=O) groups is 3. The topological polar surface area (TPSA) is 131 Å². The molecule has 1 heterocycles. The summed E-state index contributed by atoms with van der Waals surface area (Å²) < 4.78 is 1.49. The maximum Gasteiger partial charge on any atom is 0.251 e. The van der Waals surface area contributed by atoms with Crippen molar-refractivity contribution in [1.29, 1.82) is 0 Å². The quantitative estimate of drug-likeness (QED) is 0.450. The molecule has 3 rings (SSSR count). The van der Waals surface area contributed by atoms with Crippen LogP contribution < -0.4 is 16.0 Å². The van der Waals surface area contributed by atoms with E-state index in [0.29, 0.717) is 22.0 Å². The molecule has 1 aromatic heterocycles. The minimum atomic E-state index is -0.256. The van der Waals surface area contributed by atoms with Gasteiger partial charge < -0.3 is 16.0 Å². The van der Waals surface area contributed by atoms with Gasteiger partial charge in [-0.15, -0.1) is 5.10 Å². The second-order valence-electron chi connectivity index (χ2n) is 6.46. The molecule has 2 aromatic carbocycles. The Hall–Kier alpha value is -3.73. The van der Waals surface area contributed by atoms with Crippen LogP contribution in [0.5, 0.6) is 0 Å². The van der Waals surface area contributed by atoms with Gasteiger partial charge in [-0.05, 0) is 52.4 Å². The number of benzene rings is 2. The third-order valence-corrected chi connectivity index (χ3v) is 5.22. The summed E-state index contributed by atoms with van der Waals surface area (Å²) in [4.78, 5) is 36.2. The number of rotatable bonds is 8. The Kier molecular flexibility index (Phi) is 7.33. The Labute approximate surface area is 182 Å². The van der Waals surface area contributed by atoms with Gasteiger partial charge in [-0.1, -0.05) is 23.9 Å². The molecule has 0 aliphatic carbocycles. The average Bonchev–Trinajstić information content (AvgIpc) is 3.20. The highest BCUT2D eigenvalue weighted by molar-refractivity contribution is 7.99. The molecule has 0 aliphatic rings. The van der Waals surface area contributed by atoms with Gasteiger partial charge in [0.15, 0.2) is 0 Å². The molecule has 10 nitrogen and oxygen atoms in total. The molecule has 0 saturated carbocycles. The second-order valence-corrected chi connectivity index (χ2v) is 7.40. The van der Waals surface area contributed by atoms with E-state index in [1.165, 1.54) is 16.4 Å². The standard InChI is InChI=1S/C20H21N7O3S/c1-21-18(29)15-5-3-4-13(10-15)11-22-19(30)14-6-8-16(9-7-14)23-17(28)12-31-20-24-25-26-27(20)2/h3-10H,11-12H2,1-2H3,(H,21,29)(H,22,30)(H,23,28). The predicted octanol–water partition coefficient (Wildman–Crippen LogP) is 1.23. The number of aryl methyl sites for hydroxylation is 1. The fraction of sp³-hybridized carbons (Fsp3) is 0.200. The van der Waals surface area contributed by atoms with Crippen molar-refractivity contribution in [3.63, 3.8) is 0 Å². The van der Waals surface area contributed by atoms with Crippen molar-refractivity contribution in [2.75, 3.05) is 18.1 Å². The number of hydrogen-bond donors (Lipinski definition) is 3. The lowest BCUT2D eigenvalue weighted by Gasteiger charge is -2.08. The van der Waals surface area contributed by atoms with Crippen molar-refractivity contribution in [2.24, 2.45) is 7.05 Å². The van der Waals surface area contributed by atoms with Gasteiger partial charge in [-0.3, -0.25) is 14.4 Å². The van der Waals surface area contributed by atoms with Crippen LogP contribution in [0.3, 0.4) is 0 Å². The van der Waals surface area contributed by atoms with Crippen LogP contribution in [0.4, 0.5) is 5.69 Å². The van der Waals surface area contributed by atoms with Crippen LogP contribution in [0.15, 0.2) is 53.7 Å². The van der Waals surface area contributed by atoms with Crippen LogP contribution in [0.2, 0.25) is 0 Å². The predicted molar refractivity (Wildman–Crippen MR) is 116 cm³/mol. The number of thioether (sulfide) groups is 1. The zero-order chi connectivity index (χ0) is 22.2. The average molecular weight is 440 g/mol. The second kappa shape index (κ2) is 10.3. The number of nitrogens with zero attached hydrogens (tertiary/aromatic N) is 4. The molecule has 0 atom stereocenters. The van der Waals surface area contributed by atoms with Gasteiger partial charge in [0.2, 0.25) is 11.1 Å². The van der Waals surface area contributed by atoms with Gasteiger partial charge in [0.1, 0.15) is 0 Å². The fourth-order valence-electron chi connectivity index (χ4n) is 2.63. The molecule has 0 unspecified atom stereocenters. The van der Waals surface area contributed by atoms with Crippen molar-refractivity contribution in [3.8, 4) is 0 Å². The van der Waals surface area contributed by atoms with Crippen molar-refractivity contribution in [1.82, 2.24) is 30.8 Å². The lowest BCUT2D eigenvalue weighted by Crippen LogP contribution is -2.23. The first kappa shape index (κ1) is 22.0. The van der Waals surface area contributed by atoms with Crippen LogP contribution in [0.1, 0.15) is 26.3 Å². The van der Waals surface area contributed by atoms with E-state index in [4.69, 9.17) is 0 Å². The molecule has 3 N–H and O–H groups in total. The monoisotopic (exact) mass is 439 g/mol. The molecule has 0 aliphatic heterocycles. The zero-order valence-electron chi connectivity index (χ0n) is 17.0. The molecule has 0 bridgehead atoms. The minimum absolute atomic E-state index is 0.158. The summed E-state index contributed by atoms with van der Waals surface area (Å²) >= 11 is 1.22. The Morgan fingerprint density at radius 3 is 2.48 bits per heavy atom. The molecule has 0 spiro atoms. The first-order valence-corrected chi connectivity index (χ1v) is 10.3. The SMILES string of the molecule is CNC(=O)c1cccc(CNC(=O)c2ccc(NC(=O)CSc3nnnn3C)cc2)c1. The number of hydrogen-bond acceptors (Lipinski definition) is 7. The van der Waals surface area contributed by atoms with Gasteiger partial charge in [0, 0.05) is 37.5 Å². The molecule has 11 heteroatoms. The number of amides is 3. The lowest BCUT2D eigenvalue weighted by atomic mass is 10.1. The van der Waals surface area contributed by atoms with Crippen LogP contribution in [0, 0.1) is 0 Å². The van der Waals surface area contributed by atoms with E-state index < -0.39 is 0 Å². The maximum absolute atomic E-state index is 12.4. The minimum Gasteiger partial charge on any atom is -0.355 e. The Balaban J connectivity index is 1.50. The summed E-state index contributed by atoms with van der Waals surface area (Å²) in [6.07, 6.45) is 0. The molecular formula is C20H21N7O3S. The van der Waals surface area contributed by atoms with Crippen molar-refractivity contribution in [3.05, 3.63) is 65.2 Å². The summed E-state index contributed by atoms with van der Waals surface area (Å²) in [5, 5.41) is 19.7. The van der Waals surface area contributed by atoms with Gasteiger partial charge in [0.25, 0.3) is 11.8 Å². The Morgan fingerprint density at radius 2 is 1.81 bits per heavy atom. The third kappa shape index (κ3) is 6.12. The molecule has 0 fully saturated rings. The van der Waals surface area contributed by atoms with Crippen LogP contribution in [-0.2, 0) is 18.4 Å². The van der Waals surface area contributed by atoms with Gasteiger partial charge in [-0.2, -0.15) is 0 Å². The summed E-state index contributed by atoms with van der Waals surface area (Å²) in [7, 11) is 3.26. The fourth-order valence-corrected chi connectivity index (χ4v) is 3.28. The molecular weight excluding hydrogens is 418 g/mol. The largest absolute Gasteiger partial charge is 0.355 e. The molecule has 0 saturated heterocycles. The van der Waals surface area contributed by atoms with Crippen molar-refractivity contribution < 1.29 is 14.4 Å². The van der Waals surface area contributed by atoms with Crippen molar-refractivity contribution >= 4 is 35.2 Å². The van der Waals surface area contributed by atoms with E-state index in [-0.39, 0.29) is 30.0 Å². The third-order valence-electron chi connectivity index (χ3n) is 4.21. The number of tetrazole rings is 1. The van der Waals surface area contributed by atoms with Crippen LogP contribution >= 0.6 is 11.8 Å². The normalized spacial score (nSPS) is 10.4. The summed E-state index contributed by atoms with van der Waals surface area (Å²) in [5.41, 5.74) is 2.38. The van der Waals surface area contributed by atoms with E-state index in [0.717, 1.165) is 5.56 Å². The number of carbonyl (C=O) groups excluding carboxylic acids is 3. The maximum atomic E-state index is 12.4. The summed E-state index contributed by atoms with van der Waals surface area (Å²) in [6, 6.07) is 13.6. The van der Waals surface area contributed by atoms with Gasteiger partial charge >= 0.3 is 0 Å². The highest BCUT2D eigenvalue weighted by atomic mass is 32.2. The highest BCUT2D eigenvalue weighted by Gasteiger charge is 2.10. The van der Waals surface area contributed by atoms with E-state index in [2.05, 4.69) is 31.5 Å². The van der Waals surface area contributed by atoms with E-state index in [1.807, 2.05) is 6.07 Å². The molecule has 160 valence electrons. The van der Waals surface area contributed by atoms with Gasteiger partial charge in [0.05, 0.1) is 5.75 Å². The highest BCUT2D eigenvalue weighted by Crippen LogP contribution is 2.14. The van der Waals surface area contributed by atoms with Gasteiger partial charge in [-0.25, -0.2) is 4.68 Å². The van der Waals surface area contributed by atoms with Crippen LogP contribution in [-0.4, -0.2) is 50.7 Å². The molecule has 3 amide bonds. The molecule has 0 radical (unpaired) electrons. The zero-order valence-corrected chi connectivity index (χ0v) is 17.8. The smallest absolute Gasteiger partial charge is 0.251 e. The Bertz CT molecular complexity index is 1080. The number of anilines is 1. The summed E-state index contributed by atoms with van der Waals surface area (Å²) in [6.45, 7) is 0.288. The molecule has 31 heavy (non-hydrogen) atoms. The van der Waals surface area contributed by atoms with Crippen LogP contribution in [0.25, 0.3) is 0 Å². The van der Waals surface area contributed by atoms with E-state index in [1.54, 1.807) is 56.6 Å². The lowest BCUT2D eigenvalue weighted by molar-refractivity contribution is -0.113. The first-order valence-electron chi connectivity index (χ1n) is 9.30. The number of nitrogens with one attached hydrogen (secondary N) is 3. The van der Waals surface area contributed by atoms with E-state index in [9.17, 15) is 14.4 Å².